The van der Waals surface area contributed by atoms with Gasteiger partial charge in [0.25, 0.3) is 0 Å². The smallest absolute Gasteiger partial charge is 0.325 e. The largest absolute Gasteiger partial charge is 0.480 e. The van der Waals surface area contributed by atoms with Crippen LogP contribution in [0.1, 0.15) is 6.92 Å². The number of carboxylic acid groups (broad SMARTS) is 1. The summed E-state index contributed by atoms with van der Waals surface area (Å²) < 4.78 is 0. The van der Waals surface area contributed by atoms with Gasteiger partial charge in [-0.25, -0.2) is 0 Å². The van der Waals surface area contributed by atoms with Crippen LogP contribution in [0.2, 0.25) is 0 Å². The normalized spacial score (nSPS) is 15.2. The van der Waals surface area contributed by atoms with Crippen molar-refractivity contribution in [2.75, 3.05) is 0 Å². The van der Waals surface area contributed by atoms with E-state index in [4.69, 9.17) is 16.6 Å². The summed E-state index contributed by atoms with van der Waals surface area (Å²) in [5, 5.41) is 8.64. The van der Waals surface area contributed by atoms with E-state index in [2.05, 4.69) is 6.58 Å². The maximum absolute atomic E-state index is 10.6. The summed E-state index contributed by atoms with van der Waals surface area (Å²) in [6, 6.07) is -1.10. The Kier molecular flexibility index (Phi) is 4.54. The van der Waals surface area contributed by atoms with E-state index in [-0.39, 0.29) is 0 Å². The van der Waals surface area contributed by atoms with Gasteiger partial charge in [0.1, 0.15) is 6.04 Å². The minimum Gasteiger partial charge on any atom is -0.480 e. The molecule has 0 amide bonds. The highest BCUT2D eigenvalue weighted by molar-refractivity contribution is 5.78. The van der Waals surface area contributed by atoms with Crippen LogP contribution in [0, 0.1) is 0 Å². The molecule has 0 fully saturated rings. The molecule has 0 aromatic carbocycles. The Labute approximate surface area is 77.2 Å². The second-order valence-corrected chi connectivity index (χ2v) is 2.42. The van der Waals surface area contributed by atoms with Gasteiger partial charge in [0.2, 0.25) is 0 Å². The first kappa shape index (κ1) is 11.4. The zero-order chi connectivity index (χ0) is 10.4. The zero-order valence-corrected chi connectivity index (χ0v) is 7.53. The van der Waals surface area contributed by atoms with Crippen molar-refractivity contribution < 1.29 is 9.90 Å². The monoisotopic (exact) mass is 182 g/mol. The van der Waals surface area contributed by atoms with E-state index < -0.39 is 12.0 Å². The van der Waals surface area contributed by atoms with Gasteiger partial charge < -0.3 is 16.6 Å². The highest BCUT2D eigenvalue weighted by atomic mass is 16.4. The van der Waals surface area contributed by atoms with Crippen molar-refractivity contribution in [3.63, 3.8) is 0 Å². The van der Waals surface area contributed by atoms with Gasteiger partial charge in [0, 0.05) is 11.3 Å². The molecule has 0 aliphatic rings. The number of hydrogen-bond donors (Lipinski definition) is 3. The van der Waals surface area contributed by atoms with Gasteiger partial charge in [-0.3, -0.25) is 4.79 Å². The highest BCUT2D eigenvalue weighted by Crippen LogP contribution is 2.08. The van der Waals surface area contributed by atoms with E-state index in [1.54, 1.807) is 13.0 Å². The summed E-state index contributed by atoms with van der Waals surface area (Å²) in [7, 11) is 0. The van der Waals surface area contributed by atoms with Crippen LogP contribution in [0.15, 0.2) is 36.1 Å². The Hall–Kier alpha value is -1.55. The Bertz CT molecular complexity index is 267. The van der Waals surface area contributed by atoms with Crippen molar-refractivity contribution in [1.82, 2.24) is 0 Å². The molecule has 0 aliphatic heterocycles. The Morgan fingerprint density at radius 2 is 2.15 bits per heavy atom. The fourth-order valence-corrected chi connectivity index (χ4v) is 0.806. The van der Waals surface area contributed by atoms with Gasteiger partial charge >= 0.3 is 5.97 Å². The third-order valence-corrected chi connectivity index (χ3v) is 1.54. The summed E-state index contributed by atoms with van der Waals surface area (Å²) in [5.74, 6) is -1.11. The molecular weight excluding hydrogens is 168 g/mol. The fourth-order valence-electron chi connectivity index (χ4n) is 0.806. The third-order valence-electron chi connectivity index (χ3n) is 1.54. The minimum absolute atomic E-state index is 0.356. The summed E-state index contributed by atoms with van der Waals surface area (Å²) in [4.78, 5) is 10.6. The molecule has 5 N–H and O–H groups in total. The molecule has 0 rings (SSSR count). The number of allylic oxidation sites excluding steroid dienone is 3. The molecule has 0 bridgehead atoms. The number of nitrogens with two attached hydrogens (primary N) is 2. The summed E-state index contributed by atoms with van der Waals surface area (Å²) in [5.41, 5.74) is 11.7. The lowest BCUT2D eigenvalue weighted by Crippen LogP contribution is -2.34. The van der Waals surface area contributed by atoms with Gasteiger partial charge in [-0.2, -0.15) is 0 Å². The molecule has 13 heavy (non-hydrogen) atoms. The van der Waals surface area contributed by atoms with E-state index >= 15 is 0 Å². The van der Waals surface area contributed by atoms with Gasteiger partial charge in [-0.1, -0.05) is 24.8 Å². The molecule has 1 atom stereocenters. The van der Waals surface area contributed by atoms with E-state index in [9.17, 15) is 4.79 Å². The quantitative estimate of drug-likeness (QED) is 0.548. The van der Waals surface area contributed by atoms with Crippen LogP contribution in [-0.4, -0.2) is 17.1 Å². The Balaban J connectivity index is 4.93. The van der Waals surface area contributed by atoms with E-state index in [1.165, 1.54) is 12.2 Å². The number of rotatable bonds is 4. The summed E-state index contributed by atoms with van der Waals surface area (Å²) in [6.07, 6.45) is 4.54. The summed E-state index contributed by atoms with van der Waals surface area (Å²) >= 11 is 0. The number of aliphatic carboxylic acids is 1. The summed E-state index contributed by atoms with van der Waals surface area (Å²) in [6.45, 7) is 5.16. The predicted octanol–water partition coefficient (Wildman–Crippen LogP) is 0.373. The Morgan fingerprint density at radius 3 is 2.46 bits per heavy atom. The number of hydrogen-bond acceptors (Lipinski definition) is 3. The van der Waals surface area contributed by atoms with Crippen molar-refractivity contribution >= 4 is 5.97 Å². The maximum atomic E-state index is 10.6. The standard InChI is InChI=1S/C9H14N2O2/c1-3-5-6(7(10)4-2)8(11)9(12)13/h3-5,8H,1,10-11H2,2H3,(H,12,13)/b6-5+,7-4+. The number of carbonyl (C=O) groups is 1. The first-order chi connectivity index (χ1) is 6.04. The van der Waals surface area contributed by atoms with Gasteiger partial charge in [-0.05, 0) is 6.92 Å². The second-order valence-electron chi connectivity index (χ2n) is 2.42. The van der Waals surface area contributed by atoms with E-state index in [1.807, 2.05) is 0 Å². The lowest BCUT2D eigenvalue weighted by Gasteiger charge is -2.11. The van der Waals surface area contributed by atoms with Crippen LogP contribution in [0.25, 0.3) is 0 Å². The molecule has 0 heterocycles. The molecule has 0 aliphatic carbocycles. The lowest BCUT2D eigenvalue weighted by atomic mass is 10.0. The van der Waals surface area contributed by atoms with Crippen molar-refractivity contribution in [3.8, 4) is 0 Å². The number of carboxylic acids is 1. The van der Waals surface area contributed by atoms with Crippen molar-refractivity contribution in [2.24, 2.45) is 11.5 Å². The molecule has 0 aromatic heterocycles. The predicted molar refractivity (Wildman–Crippen MR) is 51.8 cm³/mol. The van der Waals surface area contributed by atoms with E-state index in [0.29, 0.717) is 11.3 Å². The van der Waals surface area contributed by atoms with Crippen molar-refractivity contribution in [3.05, 3.63) is 36.1 Å². The molecule has 0 aromatic rings. The molecule has 0 radical (unpaired) electrons. The van der Waals surface area contributed by atoms with Crippen LogP contribution < -0.4 is 11.5 Å². The van der Waals surface area contributed by atoms with Gasteiger partial charge in [0.05, 0.1) is 0 Å². The lowest BCUT2D eigenvalue weighted by molar-refractivity contribution is -0.137. The minimum atomic E-state index is -1.11. The van der Waals surface area contributed by atoms with Crippen LogP contribution in [0.4, 0.5) is 0 Å². The molecule has 0 saturated heterocycles. The van der Waals surface area contributed by atoms with Crippen LogP contribution in [-0.2, 0) is 4.79 Å². The molecule has 0 spiro atoms. The highest BCUT2D eigenvalue weighted by Gasteiger charge is 2.17. The van der Waals surface area contributed by atoms with Gasteiger partial charge in [-0.15, -0.1) is 0 Å². The molecule has 4 nitrogen and oxygen atoms in total. The Morgan fingerprint density at radius 1 is 1.62 bits per heavy atom. The second kappa shape index (κ2) is 5.16. The maximum Gasteiger partial charge on any atom is 0.325 e. The third kappa shape index (κ3) is 3.13. The first-order valence-electron chi connectivity index (χ1n) is 3.77. The van der Waals surface area contributed by atoms with Crippen LogP contribution >= 0.6 is 0 Å². The van der Waals surface area contributed by atoms with Crippen LogP contribution in [0.5, 0.6) is 0 Å². The molecular formula is C9H14N2O2. The molecule has 0 saturated carbocycles. The first-order valence-corrected chi connectivity index (χ1v) is 3.77. The van der Waals surface area contributed by atoms with Gasteiger partial charge in [0.15, 0.2) is 0 Å². The van der Waals surface area contributed by atoms with Crippen molar-refractivity contribution in [2.45, 2.75) is 13.0 Å². The topological polar surface area (TPSA) is 89.3 Å². The zero-order valence-electron chi connectivity index (χ0n) is 7.53. The molecule has 72 valence electrons. The van der Waals surface area contributed by atoms with Crippen LogP contribution in [0.3, 0.4) is 0 Å². The van der Waals surface area contributed by atoms with Crippen molar-refractivity contribution in [1.29, 1.82) is 0 Å². The molecule has 4 heteroatoms. The van der Waals surface area contributed by atoms with E-state index in [0.717, 1.165) is 0 Å². The average Bonchev–Trinajstić information content (AvgIpc) is 2.11. The average molecular weight is 182 g/mol. The molecule has 1 unspecified atom stereocenters. The fraction of sp³-hybridized carbons (Fsp3) is 0.222. The SMILES string of the molecule is C=C/C=C(\C(N)=C/C)C(N)C(=O)O.